The molecule has 0 fully saturated rings. The largest absolute Gasteiger partial charge is 0.306 e. The van der Waals surface area contributed by atoms with E-state index in [1.165, 1.54) is 25.9 Å². The van der Waals surface area contributed by atoms with Gasteiger partial charge in [0, 0.05) is 0 Å². The highest BCUT2D eigenvalue weighted by molar-refractivity contribution is 4.63. The molecule has 0 aliphatic heterocycles. The Bertz CT molecular complexity index is 91.5. The smallest absolute Gasteiger partial charge is 0.00168 e. The molecule has 0 bridgehead atoms. The number of nitrogens with zero attached hydrogens (tertiary/aromatic N) is 1. The normalized spacial score (nSPS) is 12.5. The van der Waals surface area contributed by atoms with Crippen molar-refractivity contribution in [3.63, 3.8) is 0 Å². The average Bonchev–Trinajstić information content (AvgIpc) is 1.83. The highest BCUT2D eigenvalue weighted by Crippen LogP contribution is 2.18. The van der Waals surface area contributed by atoms with Gasteiger partial charge in [-0.25, -0.2) is 0 Å². The van der Waals surface area contributed by atoms with Crippen LogP contribution in [-0.2, 0) is 0 Å². The van der Waals surface area contributed by atoms with Gasteiger partial charge >= 0.3 is 0 Å². The maximum absolute atomic E-state index is 2.41. The van der Waals surface area contributed by atoms with E-state index in [4.69, 9.17) is 0 Å². The van der Waals surface area contributed by atoms with Crippen molar-refractivity contribution in [2.75, 3.05) is 20.1 Å². The molecule has 0 aliphatic carbocycles. The van der Waals surface area contributed by atoms with E-state index in [0.29, 0.717) is 5.41 Å². The Morgan fingerprint density at radius 1 is 1.09 bits per heavy atom. The maximum Gasteiger partial charge on any atom is -0.00168 e. The molecule has 0 aliphatic rings. The highest BCUT2D eigenvalue weighted by Gasteiger charge is 2.10. The number of hydrogen-bond donors (Lipinski definition) is 0. The van der Waals surface area contributed by atoms with Crippen LogP contribution in [0.25, 0.3) is 0 Å². The lowest BCUT2D eigenvalue weighted by Gasteiger charge is -2.22. The van der Waals surface area contributed by atoms with E-state index in [-0.39, 0.29) is 0 Å². The van der Waals surface area contributed by atoms with E-state index in [2.05, 4.69) is 39.6 Å². The van der Waals surface area contributed by atoms with Crippen LogP contribution in [0.5, 0.6) is 0 Å². The molecule has 1 heteroatoms. The van der Waals surface area contributed by atoms with E-state index in [1.54, 1.807) is 0 Å². The summed E-state index contributed by atoms with van der Waals surface area (Å²) in [5, 5.41) is 0. The lowest BCUT2D eigenvalue weighted by molar-refractivity contribution is 0.265. The summed E-state index contributed by atoms with van der Waals surface area (Å²) in [5.74, 6) is 0. The van der Waals surface area contributed by atoms with Gasteiger partial charge in [-0.1, -0.05) is 27.7 Å². The molecule has 11 heavy (non-hydrogen) atoms. The molecule has 1 nitrogen and oxygen atoms in total. The molecule has 0 aromatic rings. The van der Waals surface area contributed by atoms with Crippen molar-refractivity contribution in [3.8, 4) is 0 Å². The molecule has 0 saturated heterocycles. The fourth-order valence-corrected chi connectivity index (χ4v) is 1.02. The minimum Gasteiger partial charge on any atom is -0.306 e. The SMILES string of the molecule is CCCN(C)CCC(C)(C)C. The Morgan fingerprint density at radius 2 is 1.64 bits per heavy atom. The van der Waals surface area contributed by atoms with Crippen LogP contribution in [0.15, 0.2) is 0 Å². The van der Waals surface area contributed by atoms with Gasteiger partial charge in [0.2, 0.25) is 0 Å². The van der Waals surface area contributed by atoms with Crippen LogP contribution in [0.4, 0.5) is 0 Å². The quantitative estimate of drug-likeness (QED) is 0.606. The Kier molecular flexibility index (Phi) is 4.74. The minimum atomic E-state index is 0.488. The standard InChI is InChI=1S/C10H23N/c1-6-8-11(5)9-7-10(2,3)4/h6-9H2,1-5H3. The van der Waals surface area contributed by atoms with Crippen molar-refractivity contribution in [1.29, 1.82) is 0 Å². The second kappa shape index (κ2) is 4.76. The predicted molar refractivity (Wildman–Crippen MR) is 51.9 cm³/mol. The first-order chi connectivity index (χ1) is 4.95. The van der Waals surface area contributed by atoms with Gasteiger partial charge in [0.25, 0.3) is 0 Å². The minimum absolute atomic E-state index is 0.488. The average molecular weight is 157 g/mol. The maximum atomic E-state index is 2.41. The van der Waals surface area contributed by atoms with Crippen molar-refractivity contribution in [3.05, 3.63) is 0 Å². The highest BCUT2D eigenvalue weighted by atomic mass is 15.1. The lowest BCUT2D eigenvalue weighted by Crippen LogP contribution is -2.24. The zero-order chi connectivity index (χ0) is 8.91. The monoisotopic (exact) mass is 157 g/mol. The molecule has 0 amide bonds. The zero-order valence-electron chi connectivity index (χ0n) is 8.78. The summed E-state index contributed by atoms with van der Waals surface area (Å²) < 4.78 is 0. The van der Waals surface area contributed by atoms with Gasteiger partial charge in [-0.15, -0.1) is 0 Å². The molecular formula is C10H23N. The molecule has 0 aromatic carbocycles. The Labute approximate surface area is 71.8 Å². The third kappa shape index (κ3) is 7.86. The Morgan fingerprint density at radius 3 is 2.00 bits per heavy atom. The van der Waals surface area contributed by atoms with Gasteiger partial charge in [0.15, 0.2) is 0 Å². The van der Waals surface area contributed by atoms with Crippen LogP contribution in [0.2, 0.25) is 0 Å². The summed E-state index contributed by atoms with van der Waals surface area (Å²) in [6.07, 6.45) is 2.56. The lowest BCUT2D eigenvalue weighted by atomic mass is 9.92. The van der Waals surface area contributed by atoms with Crippen molar-refractivity contribution in [2.45, 2.75) is 40.5 Å². The summed E-state index contributed by atoms with van der Waals surface area (Å²) in [6.45, 7) is 11.6. The van der Waals surface area contributed by atoms with Crippen molar-refractivity contribution in [2.24, 2.45) is 5.41 Å². The molecule has 0 radical (unpaired) electrons. The van der Waals surface area contributed by atoms with Crippen LogP contribution in [-0.4, -0.2) is 25.0 Å². The molecule has 0 N–H and O–H groups in total. The molecule has 0 spiro atoms. The van der Waals surface area contributed by atoms with Gasteiger partial charge in [-0.2, -0.15) is 0 Å². The number of hydrogen-bond acceptors (Lipinski definition) is 1. The molecule has 0 rings (SSSR count). The van der Waals surface area contributed by atoms with E-state index in [1.807, 2.05) is 0 Å². The van der Waals surface area contributed by atoms with Crippen LogP contribution < -0.4 is 0 Å². The van der Waals surface area contributed by atoms with Crippen molar-refractivity contribution >= 4 is 0 Å². The van der Waals surface area contributed by atoms with Gasteiger partial charge in [0.1, 0.15) is 0 Å². The van der Waals surface area contributed by atoms with Crippen molar-refractivity contribution < 1.29 is 0 Å². The van der Waals surface area contributed by atoms with Crippen LogP contribution in [0.3, 0.4) is 0 Å². The molecular weight excluding hydrogens is 134 g/mol. The van der Waals surface area contributed by atoms with Gasteiger partial charge < -0.3 is 4.90 Å². The van der Waals surface area contributed by atoms with Crippen molar-refractivity contribution in [1.82, 2.24) is 4.90 Å². The molecule has 68 valence electrons. The summed E-state index contributed by atoms with van der Waals surface area (Å²) in [6, 6.07) is 0. The van der Waals surface area contributed by atoms with Crippen LogP contribution >= 0.6 is 0 Å². The molecule has 0 unspecified atom stereocenters. The summed E-state index contributed by atoms with van der Waals surface area (Å²) in [5.41, 5.74) is 0.488. The third-order valence-corrected chi connectivity index (χ3v) is 1.85. The molecule has 0 atom stereocenters. The zero-order valence-corrected chi connectivity index (χ0v) is 8.78. The first-order valence-electron chi connectivity index (χ1n) is 4.64. The van der Waals surface area contributed by atoms with Gasteiger partial charge in [-0.3, -0.25) is 0 Å². The molecule has 0 aromatic heterocycles. The third-order valence-electron chi connectivity index (χ3n) is 1.85. The fourth-order valence-electron chi connectivity index (χ4n) is 1.02. The second-order valence-electron chi connectivity index (χ2n) is 4.61. The van der Waals surface area contributed by atoms with E-state index in [0.717, 1.165) is 0 Å². The van der Waals surface area contributed by atoms with Crippen LogP contribution in [0.1, 0.15) is 40.5 Å². The van der Waals surface area contributed by atoms with E-state index < -0.39 is 0 Å². The van der Waals surface area contributed by atoms with Gasteiger partial charge in [0.05, 0.1) is 0 Å². The van der Waals surface area contributed by atoms with E-state index in [9.17, 15) is 0 Å². The first-order valence-corrected chi connectivity index (χ1v) is 4.64. The number of rotatable bonds is 4. The fraction of sp³-hybridized carbons (Fsp3) is 1.00. The Hall–Kier alpha value is -0.0400. The van der Waals surface area contributed by atoms with Crippen LogP contribution in [0, 0.1) is 5.41 Å². The summed E-state index contributed by atoms with van der Waals surface area (Å²) in [4.78, 5) is 2.41. The summed E-state index contributed by atoms with van der Waals surface area (Å²) >= 11 is 0. The Balaban J connectivity index is 3.38. The van der Waals surface area contributed by atoms with E-state index >= 15 is 0 Å². The summed E-state index contributed by atoms with van der Waals surface area (Å²) in [7, 11) is 2.20. The second-order valence-corrected chi connectivity index (χ2v) is 4.61. The predicted octanol–water partition coefficient (Wildman–Crippen LogP) is 2.76. The first kappa shape index (κ1) is 11.0. The topological polar surface area (TPSA) is 3.24 Å². The molecule has 0 saturated carbocycles. The molecule has 0 heterocycles. The van der Waals surface area contributed by atoms with Gasteiger partial charge in [-0.05, 0) is 38.4 Å².